The van der Waals surface area contributed by atoms with E-state index in [0.29, 0.717) is 27.7 Å². The number of rotatable bonds is 5. The average Bonchev–Trinajstić information content (AvgIpc) is 3.27. The van der Waals surface area contributed by atoms with Crippen LogP contribution in [0.15, 0.2) is 33.9 Å². The van der Waals surface area contributed by atoms with Crippen molar-refractivity contribution < 1.29 is 18.7 Å². The number of para-hydroxylation sites is 2. The summed E-state index contributed by atoms with van der Waals surface area (Å²) < 4.78 is 17.2. The number of benzene rings is 1. The van der Waals surface area contributed by atoms with Gasteiger partial charge in [-0.05, 0) is 32.9 Å². The predicted octanol–water partition coefficient (Wildman–Crippen LogP) is 3.77. The van der Waals surface area contributed by atoms with Crippen molar-refractivity contribution in [2.45, 2.75) is 37.3 Å². The molecule has 0 fully saturated rings. The zero-order chi connectivity index (χ0) is 19.7. The summed E-state index contributed by atoms with van der Waals surface area (Å²) in [5, 5.41) is 11.3. The summed E-state index contributed by atoms with van der Waals surface area (Å²) in [5.74, 6) is 1.46. The van der Waals surface area contributed by atoms with Crippen LogP contribution >= 0.6 is 23.1 Å². The van der Waals surface area contributed by atoms with Gasteiger partial charge in [0.15, 0.2) is 16.6 Å². The summed E-state index contributed by atoms with van der Waals surface area (Å²) >= 11 is 2.63. The number of thiazole rings is 1. The molecule has 4 rings (SSSR count). The number of amides is 1. The van der Waals surface area contributed by atoms with Crippen molar-refractivity contribution in [3.8, 4) is 11.5 Å². The van der Waals surface area contributed by atoms with Gasteiger partial charge >= 0.3 is 0 Å². The molecule has 28 heavy (non-hydrogen) atoms. The number of hydrogen-bond donors (Lipinski definition) is 1. The molecule has 1 aromatic carbocycles. The number of anilines is 1. The molecule has 0 aliphatic carbocycles. The van der Waals surface area contributed by atoms with Gasteiger partial charge < -0.3 is 19.2 Å². The van der Waals surface area contributed by atoms with Crippen molar-refractivity contribution in [1.29, 1.82) is 0 Å². The van der Waals surface area contributed by atoms with Crippen LogP contribution in [0.3, 0.4) is 0 Å². The summed E-state index contributed by atoms with van der Waals surface area (Å²) in [6, 6.07) is 7.41. The first-order valence-electron chi connectivity index (χ1n) is 8.63. The molecule has 3 aromatic rings. The van der Waals surface area contributed by atoms with Gasteiger partial charge in [0, 0.05) is 4.88 Å². The molecule has 1 aliphatic heterocycles. The molecule has 0 bridgehead atoms. The van der Waals surface area contributed by atoms with Crippen LogP contribution in [0.4, 0.5) is 5.13 Å². The Morgan fingerprint density at radius 2 is 2.07 bits per heavy atom. The van der Waals surface area contributed by atoms with Gasteiger partial charge in [0.05, 0.1) is 10.9 Å². The van der Waals surface area contributed by atoms with Crippen LogP contribution in [0.5, 0.6) is 11.5 Å². The van der Waals surface area contributed by atoms with Crippen LogP contribution in [-0.2, 0) is 4.79 Å². The number of hydrogen-bond acceptors (Lipinski definition) is 9. The van der Waals surface area contributed by atoms with Crippen molar-refractivity contribution in [3.63, 3.8) is 0 Å². The maximum Gasteiger partial charge on any atom is 0.277 e. The summed E-state index contributed by atoms with van der Waals surface area (Å²) in [4.78, 5) is 17.8. The Morgan fingerprint density at radius 1 is 1.29 bits per heavy atom. The number of ether oxygens (including phenoxy) is 2. The maximum atomic E-state index is 12.4. The molecule has 0 saturated carbocycles. The molecule has 2 aromatic heterocycles. The molecule has 146 valence electrons. The van der Waals surface area contributed by atoms with E-state index >= 15 is 0 Å². The molecule has 0 spiro atoms. The molecular formula is C18H18N4O4S2. The minimum Gasteiger partial charge on any atom is -0.485 e. The van der Waals surface area contributed by atoms with Gasteiger partial charge in [-0.2, -0.15) is 0 Å². The van der Waals surface area contributed by atoms with E-state index in [0.717, 1.165) is 10.6 Å². The van der Waals surface area contributed by atoms with Crippen molar-refractivity contribution in [2.75, 3.05) is 11.9 Å². The third-order valence-electron chi connectivity index (χ3n) is 4.11. The highest BCUT2D eigenvalue weighted by molar-refractivity contribution is 8.00. The molecule has 0 radical (unpaired) electrons. The molecule has 10 heteroatoms. The number of nitrogens with one attached hydrogen (secondary N) is 1. The maximum absolute atomic E-state index is 12.4. The van der Waals surface area contributed by atoms with Gasteiger partial charge in [0.1, 0.15) is 6.61 Å². The second kappa shape index (κ2) is 7.80. The number of fused-ring (bicyclic) bond motifs is 1. The van der Waals surface area contributed by atoms with E-state index in [-0.39, 0.29) is 12.5 Å². The Kier molecular flexibility index (Phi) is 5.23. The topological polar surface area (TPSA) is 99.4 Å². The fraction of sp³-hybridized carbons (Fsp3) is 0.333. The number of carbonyl (C=O) groups excluding carboxylic acids is 1. The highest BCUT2D eigenvalue weighted by Gasteiger charge is 2.28. The Bertz CT molecular complexity index is 984. The van der Waals surface area contributed by atoms with E-state index < -0.39 is 11.4 Å². The van der Waals surface area contributed by atoms with E-state index in [1.165, 1.54) is 23.1 Å². The van der Waals surface area contributed by atoms with E-state index in [9.17, 15) is 4.79 Å². The van der Waals surface area contributed by atoms with E-state index in [2.05, 4.69) is 20.5 Å². The Balaban J connectivity index is 1.37. The standard InChI is InChI=1S/C18H18N4O4S2/c1-9-10(2)27-17(19-9)20-15(23)11(3)28-18-22-21-16(26-18)14-8-24-12-6-4-5-7-13(12)25-14/h4-7,11,14H,8H2,1-3H3,(H,19,20,23)/t11-,14-/m1/s1. The lowest BCUT2D eigenvalue weighted by Gasteiger charge is -2.23. The van der Waals surface area contributed by atoms with Crippen LogP contribution < -0.4 is 14.8 Å². The zero-order valence-electron chi connectivity index (χ0n) is 15.5. The van der Waals surface area contributed by atoms with Gasteiger partial charge in [-0.15, -0.1) is 21.5 Å². The number of aryl methyl sites for hydroxylation is 2. The lowest BCUT2D eigenvalue weighted by molar-refractivity contribution is -0.115. The molecular weight excluding hydrogens is 400 g/mol. The van der Waals surface area contributed by atoms with Gasteiger partial charge in [-0.1, -0.05) is 23.9 Å². The summed E-state index contributed by atoms with van der Waals surface area (Å²) in [6.45, 7) is 5.93. The number of aromatic nitrogens is 3. The number of carbonyl (C=O) groups is 1. The van der Waals surface area contributed by atoms with Crippen molar-refractivity contribution in [3.05, 3.63) is 40.7 Å². The summed E-state index contributed by atoms with van der Waals surface area (Å²) in [7, 11) is 0. The third-order valence-corrected chi connectivity index (χ3v) is 6.03. The lowest BCUT2D eigenvalue weighted by Crippen LogP contribution is -2.22. The van der Waals surface area contributed by atoms with Crippen LogP contribution in [0, 0.1) is 13.8 Å². The second-order valence-corrected chi connectivity index (χ2v) is 8.68. The predicted molar refractivity (Wildman–Crippen MR) is 105 cm³/mol. The molecule has 1 aliphatic rings. The first kappa shape index (κ1) is 18.8. The van der Waals surface area contributed by atoms with Crippen LogP contribution in [0.2, 0.25) is 0 Å². The smallest absolute Gasteiger partial charge is 0.277 e. The van der Waals surface area contributed by atoms with E-state index in [1.807, 2.05) is 38.1 Å². The Morgan fingerprint density at radius 3 is 2.82 bits per heavy atom. The van der Waals surface area contributed by atoms with Crippen LogP contribution in [0.1, 0.15) is 29.5 Å². The fourth-order valence-corrected chi connectivity index (χ4v) is 3.98. The minimum absolute atomic E-state index is 0.176. The van der Waals surface area contributed by atoms with Crippen molar-refractivity contribution >= 4 is 34.1 Å². The molecule has 3 heterocycles. The molecule has 0 unspecified atom stereocenters. The highest BCUT2D eigenvalue weighted by atomic mass is 32.2. The average molecular weight is 419 g/mol. The summed E-state index contributed by atoms with van der Waals surface area (Å²) in [6.07, 6.45) is -0.484. The van der Waals surface area contributed by atoms with Gasteiger partial charge in [0.25, 0.3) is 11.1 Å². The molecule has 1 N–H and O–H groups in total. The van der Waals surface area contributed by atoms with Crippen molar-refractivity contribution in [1.82, 2.24) is 15.2 Å². The van der Waals surface area contributed by atoms with Gasteiger partial charge in [-0.3, -0.25) is 4.79 Å². The number of nitrogens with zero attached hydrogens (tertiary/aromatic N) is 3. The Hall–Kier alpha value is -2.59. The number of thioether (sulfide) groups is 1. The zero-order valence-corrected chi connectivity index (χ0v) is 17.1. The fourth-order valence-electron chi connectivity index (χ4n) is 2.48. The van der Waals surface area contributed by atoms with Crippen LogP contribution in [0.25, 0.3) is 0 Å². The highest BCUT2D eigenvalue weighted by Crippen LogP contribution is 2.36. The first-order chi connectivity index (χ1) is 13.5. The molecule has 2 atom stereocenters. The quantitative estimate of drug-likeness (QED) is 0.625. The first-order valence-corrected chi connectivity index (χ1v) is 10.3. The largest absolute Gasteiger partial charge is 0.485 e. The monoisotopic (exact) mass is 418 g/mol. The van der Waals surface area contributed by atoms with Crippen molar-refractivity contribution in [2.24, 2.45) is 0 Å². The minimum atomic E-state index is -0.484. The van der Waals surface area contributed by atoms with Crippen LogP contribution in [-0.4, -0.2) is 32.9 Å². The SMILES string of the molecule is Cc1nc(NC(=O)[C@@H](C)Sc2nnc([C@H]3COc4ccccc4O3)o2)sc1C. The van der Waals surface area contributed by atoms with Gasteiger partial charge in [0.2, 0.25) is 12.0 Å². The second-order valence-electron chi connectivity index (χ2n) is 6.18. The third kappa shape index (κ3) is 3.97. The van der Waals surface area contributed by atoms with Gasteiger partial charge in [-0.25, -0.2) is 4.98 Å². The van der Waals surface area contributed by atoms with E-state index in [4.69, 9.17) is 13.9 Å². The molecule has 0 saturated heterocycles. The molecule has 1 amide bonds. The normalized spacial score (nSPS) is 16.6. The lowest BCUT2D eigenvalue weighted by atomic mass is 10.2. The van der Waals surface area contributed by atoms with E-state index in [1.54, 1.807) is 6.92 Å². The Labute approximate surface area is 169 Å². The molecule has 8 nitrogen and oxygen atoms in total. The summed E-state index contributed by atoms with van der Waals surface area (Å²) in [5.41, 5.74) is 0.915.